The maximum absolute atomic E-state index is 12.5. The van der Waals surface area contributed by atoms with Crippen LogP contribution in [0.3, 0.4) is 0 Å². The molecule has 1 unspecified atom stereocenters. The largest absolute Gasteiger partial charge is 0.342 e. The maximum Gasteiger partial charge on any atom is 0.222 e. The molecule has 0 aromatic carbocycles. The molecule has 1 saturated heterocycles. The molecule has 0 radical (unpaired) electrons. The Kier molecular flexibility index (Phi) is 7.29. The second-order valence-electron chi connectivity index (χ2n) is 7.81. The van der Waals surface area contributed by atoms with Gasteiger partial charge in [0.1, 0.15) is 0 Å². The Morgan fingerprint density at radius 2 is 2.04 bits per heavy atom. The molecular weight excluding hydrogens is 324 g/mol. The first-order valence-corrected chi connectivity index (χ1v) is 8.76. The molecule has 2 N–H and O–H groups in total. The van der Waals surface area contributed by atoms with Gasteiger partial charge in [-0.05, 0) is 50.1 Å². The van der Waals surface area contributed by atoms with E-state index < -0.39 is 0 Å². The molecule has 5 nitrogen and oxygen atoms in total. The van der Waals surface area contributed by atoms with Crippen LogP contribution in [-0.2, 0) is 17.8 Å². The van der Waals surface area contributed by atoms with E-state index in [1.807, 2.05) is 11.8 Å². The molecule has 0 bridgehead atoms. The minimum atomic E-state index is 0. The van der Waals surface area contributed by atoms with Crippen LogP contribution < -0.4 is 5.73 Å². The maximum atomic E-state index is 12.5. The number of carbonyl (C=O) groups is 1. The summed E-state index contributed by atoms with van der Waals surface area (Å²) in [7, 11) is 0. The molecule has 0 spiro atoms. The van der Waals surface area contributed by atoms with Crippen LogP contribution in [0, 0.1) is 25.2 Å². The number of nitrogens with two attached hydrogens (primary N) is 1. The summed E-state index contributed by atoms with van der Waals surface area (Å²) in [5.41, 5.74) is 9.43. The third kappa shape index (κ3) is 4.73. The number of nitrogens with zero attached hydrogens (tertiary/aromatic N) is 3. The summed E-state index contributed by atoms with van der Waals surface area (Å²) in [6.45, 7) is 13.9. The van der Waals surface area contributed by atoms with Crippen molar-refractivity contribution in [2.75, 3.05) is 19.6 Å². The Bertz CT molecular complexity index is 570. The van der Waals surface area contributed by atoms with Crippen LogP contribution in [-0.4, -0.2) is 40.2 Å². The highest BCUT2D eigenvalue weighted by Gasteiger charge is 2.34. The van der Waals surface area contributed by atoms with Crippen molar-refractivity contribution in [1.29, 1.82) is 0 Å². The molecule has 24 heavy (non-hydrogen) atoms. The van der Waals surface area contributed by atoms with Crippen molar-refractivity contribution >= 4 is 18.3 Å². The summed E-state index contributed by atoms with van der Waals surface area (Å²) in [4.78, 5) is 14.5. The molecule has 138 valence electrons. The third-order valence-corrected chi connectivity index (χ3v) is 5.06. The standard InChI is InChI=1S/C18H32N4O.ClH/c1-13(2)10-22-15(4)16(14(3)20-22)6-7-17(23)21-9-8-18(5,11-19)12-21;/h13H,6-12,19H2,1-5H3;1H. The number of carbonyl (C=O) groups excluding carboxylic acids is 1. The molecule has 0 aliphatic carbocycles. The van der Waals surface area contributed by atoms with E-state index in [0.717, 1.165) is 38.2 Å². The lowest BCUT2D eigenvalue weighted by molar-refractivity contribution is -0.130. The predicted molar refractivity (Wildman–Crippen MR) is 100 cm³/mol. The molecule has 6 heteroatoms. The van der Waals surface area contributed by atoms with E-state index in [-0.39, 0.29) is 23.7 Å². The van der Waals surface area contributed by atoms with Gasteiger partial charge in [-0.1, -0.05) is 20.8 Å². The Labute approximate surface area is 152 Å². The lowest BCUT2D eigenvalue weighted by Crippen LogP contribution is -2.34. The molecule has 1 aliphatic rings. The van der Waals surface area contributed by atoms with E-state index in [1.54, 1.807) is 0 Å². The molecule has 2 rings (SSSR count). The fourth-order valence-corrected chi connectivity index (χ4v) is 3.41. The van der Waals surface area contributed by atoms with Gasteiger partial charge in [0.2, 0.25) is 5.91 Å². The Morgan fingerprint density at radius 1 is 1.38 bits per heavy atom. The van der Waals surface area contributed by atoms with Crippen LogP contribution >= 0.6 is 12.4 Å². The van der Waals surface area contributed by atoms with Gasteiger partial charge < -0.3 is 10.6 Å². The fraction of sp³-hybridized carbons (Fsp3) is 0.778. The molecular formula is C18H33ClN4O. The highest BCUT2D eigenvalue weighted by molar-refractivity contribution is 5.85. The van der Waals surface area contributed by atoms with Crippen LogP contribution in [0.4, 0.5) is 0 Å². The van der Waals surface area contributed by atoms with Crippen molar-refractivity contribution in [2.45, 2.75) is 60.4 Å². The van der Waals surface area contributed by atoms with E-state index in [0.29, 0.717) is 18.9 Å². The van der Waals surface area contributed by atoms with Gasteiger partial charge in [-0.3, -0.25) is 9.48 Å². The van der Waals surface area contributed by atoms with Crippen LogP contribution in [0.2, 0.25) is 0 Å². The summed E-state index contributed by atoms with van der Waals surface area (Å²) in [6, 6.07) is 0. The third-order valence-electron chi connectivity index (χ3n) is 5.06. The number of halogens is 1. The van der Waals surface area contributed by atoms with Crippen molar-refractivity contribution in [1.82, 2.24) is 14.7 Å². The van der Waals surface area contributed by atoms with Crippen LogP contribution in [0.15, 0.2) is 0 Å². The van der Waals surface area contributed by atoms with Gasteiger partial charge >= 0.3 is 0 Å². The number of hydrogen-bond acceptors (Lipinski definition) is 3. The minimum absolute atomic E-state index is 0. The van der Waals surface area contributed by atoms with E-state index in [9.17, 15) is 4.79 Å². The zero-order valence-electron chi connectivity index (χ0n) is 15.8. The van der Waals surface area contributed by atoms with Crippen LogP contribution in [0.25, 0.3) is 0 Å². The van der Waals surface area contributed by atoms with Crippen LogP contribution in [0.1, 0.15) is 50.6 Å². The molecule has 1 fully saturated rings. The lowest BCUT2D eigenvalue weighted by atomic mass is 9.90. The van der Waals surface area contributed by atoms with Gasteiger partial charge in [-0.2, -0.15) is 5.10 Å². The number of hydrogen-bond donors (Lipinski definition) is 1. The van der Waals surface area contributed by atoms with E-state index in [4.69, 9.17) is 5.73 Å². The molecule has 1 aromatic heterocycles. The minimum Gasteiger partial charge on any atom is -0.342 e. The SMILES string of the molecule is Cc1nn(CC(C)C)c(C)c1CCC(=O)N1CCC(C)(CN)C1.Cl. The van der Waals surface area contributed by atoms with Crippen molar-refractivity contribution in [2.24, 2.45) is 17.1 Å². The number of amides is 1. The lowest BCUT2D eigenvalue weighted by Gasteiger charge is -2.22. The zero-order chi connectivity index (χ0) is 17.2. The highest BCUT2D eigenvalue weighted by atomic mass is 35.5. The smallest absolute Gasteiger partial charge is 0.222 e. The Hall–Kier alpha value is -1.07. The van der Waals surface area contributed by atoms with Gasteiger partial charge in [0.05, 0.1) is 5.69 Å². The average molecular weight is 357 g/mol. The summed E-state index contributed by atoms with van der Waals surface area (Å²) in [5.74, 6) is 0.818. The number of rotatable bonds is 6. The normalized spacial score (nSPS) is 20.5. The average Bonchev–Trinajstić information content (AvgIpc) is 2.99. The summed E-state index contributed by atoms with van der Waals surface area (Å²) < 4.78 is 2.08. The van der Waals surface area contributed by atoms with E-state index in [2.05, 4.69) is 37.5 Å². The van der Waals surface area contributed by atoms with E-state index in [1.165, 1.54) is 11.3 Å². The summed E-state index contributed by atoms with van der Waals surface area (Å²) in [5, 5.41) is 4.64. The first-order valence-electron chi connectivity index (χ1n) is 8.76. The Balaban J connectivity index is 0.00000288. The summed E-state index contributed by atoms with van der Waals surface area (Å²) >= 11 is 0. The number of aryl methyl sites for hydroxylation is 1. The van der Waals surface area contributed by atoms with Gasteiger partial charge in [0.15, 0.2) is 0 Å². The Morgan fingerprint density at radius 3 is 2.58 bits per heavy atom. The quantitative estimate of drug-likeness (QED) is 0.852. The topological polar surface area (TPSA) is 64.2 Å². The molecule has 1 atom stereocenters. The second kappa shape index (κ2) is 8.34. The first kappa shape index (κ1) is 21.0. The molecule has 1 aliphatic heterocycles. The zero-order valence-corrected chi connectivity index (χ0v) is 16.6. The van der Waals surface area contributed by atoms with Gasteiger partial charge in [-0.15, -0.1) is 12.4 Å². The second-order valence-corrected chi connectivity index (χ2v) is 7.81. The predicted octanol–water partition coefficient (Wildman–Crippen LogP) is 2.71. The number of aromatic nitrogens is 2. The molecule has 1 aromatic rings. The van der Waals surface area contributed by atoms with Crippen molar-refractivity contribution < 1.29 is 4.79 Å². The summed E-state index contributed by atoms with van der Waals surface area (Å²) in [6.07, 6.45) is 2.36. The van der Waals surface area contributed by atoms with Crippen molar-refractivity contribution in [3.63, 3.8) is 0 Å². The molecule has 1 amide bonds. The molecule has 2 heterocycles. The van der Waals surface area contributed by atoms with Crippen molar-refractivity contribution in [3.05, 3.63) is 17.0 Å². The highest BCUT2D eigenvalue weighted by Crippen LogP contribution is 2.29. The van der Waals surface area contributed by atoms with Gasteiger partial charge in [-0.25, -0.2) is 0 Å². The molecule has 0 saturated carbocycles. The first-order chi connectivity index (χ1) is 10.8. The van der Waals surface area contributed by atoms with Crippen molar-refractivity contribution in [3.8, 4) is 0 Å². The van der Waals surface area contributed by atoms with Gasteiger partial charge in [0, 0.05) is 31.7 Å². The fourth-order valence-electron chi connectivity index (χ4n) is 3.41. The van der Waals surface area contributed by atoms with Crippen LogP contribution in [0.5, 0.6) is 0 Å². The monoisotopic (exact) mass is 356 g/mol. The number of likely N-dealkylation sites (tertiary alicyclic amines) is 1. The van der Waals surface area contributed by atoms with E-state index >= 15 is 0 Å². The van der Waals surface area contributed by atoms with Gasteiger partial charge in [0.25, 0.3) is 0 Å².